The van der Waals surface area contributed by atoms with Gasteiger partial charge < -0.3 is 10.2 Å². The Balaban J connectivity index is 2.38. The normalized spacial score (nSPS) is 12.2. The summed E-state index contributed by atoms with van der Waals surface area (Å²) in [5.74, 6) is -0.779. The van der Waals surface area contributed by atoms with Crippen LogP contribution in [0.4, 0.5) is 5.69 Å². The molecule has 0 heterocycles. The van der Waals surface area contributed by atoms with Gasteiger partial charge >= 0.3 is 0 Å². The molecule has 0 bridgehead atoms. The summed E-state index contributed by atoms with van der Waals surface area (Å²) in [5, 5.41) is 3.21. The number of nitrogens with one attached hydrogen (secondary N) is 1. The van der Waals surface area contributed by atoms with Crippen molar-refractivity contribution in [3.63, 3.8) is 0 Å². The molecule has 0 aliphatic heterocycles. The van der Waals surface area contributed by atoms with Gasteiger partial charge in [0.2, 0.25) is 21.8 Å². The first kappa shape index (κ1) is 26.7. The molecule has 2 aromatic carbocycles. The van der Waals surface area contributed by atoms with Crippen molar-refractivity contribution in [2.75, 3.05) is 23.7 Å². The van der Waals surface area contributed by atoms with Crippen molar-refractivity contribution in [1.29, 1.82) is 0 Å². The molecular weight excluding hydrogens is 462 g/mol. The Morgan fingerprint density at radius 2 is 1.73 bits per heavy atom. The highest BCUT2D eigenvalue weighted by Crippen LogP contribution is 2.25. The van der Waals surface area contributed by atoms with E-state index in [1.54, 1.807) is 19.1 Å². The molecule has 33 heavy (non-hydrogen) atoms. The van der Waals surface area contributed by atoms with Crippen molar-refractivity contribution in [1.82, 2.24) is 10.2 Å². The molecule has 1 N–H and O–H groups in total. The summed E-state index contributed by atoms with van der Waals surface area (Å²) in [5.41, 5.74) is 3.00. The zero-order chi connectivity index (χ0) is 24.8. The minimum Gasteiger partial charge on any atom is -0.354 e. The predicted molar refractivity (Wildman–Crippen MR) is 133 cm³/mol. The van der Waals surface area contributed by atoms with Crippen LogP contribution in [0.25, 0.3) is 0 Å². The summed E-state index contributed by atoms with van der Waals surface area (Å²) < 4.78 is 26.1. The number of anilines is 1. The predicted octanol–water partition coefficient (Wildman–Crippen LogP) is 3.67. The third kappa shape index (κ3) is 7.47. The third-order valence-corrected chi connectivity index (χ3v) is 6.86. The quantitative estimate of drug-likeness (QED) is 0.547. The lowest BCUT2D eigenvalue weighted by atomic mass is 10.1. The smallest absolute Gasteiger partial charge is 0.244 e. The fourth-order valence-electron chi connectivity index (χ4n) is 3.22. The maximum Gasteiger partial charge on any atom is 0.244 e. The topological polar surface area (TPSA) is 86.8 Å². The van der Waals surface area contributed by atoms with Gasteiger partial charge in [-0.1, -0.05) is 54.4 Å². The van der Waals surface area contributed by atoms with Gasteiger partial charge in [0.15, 0.2) is 0 Å². The minimum atomic E-state index is -3.79. The van der Waals surface area contributed by atoms with E-state index in [0.717, 1.165) is 33.7 Å². The molecule has 0 aliphatic carbocycles. The van der Waals surface area contributed by atoms with E-state index in [2.05, 4.69) is 5.32 Å². The zero-order valence-corrected chi connectivity index (χ0v) is 21.3. The monoisotopic (exact) mass is 493 g/mol. The van der Waals surface area contributed by atoms with Crippen LogP contribution >= 0.6 is 11.6 Å². The van der Waals surface area contributed by atoms with E-state index in [1.165, 1.54) is 11.0 Å². The molecule has 7 nitrogen and oxygen atoms in total. The molecular formula is C24H32ClN3O4S. The Kier molecular flexibility index (Phi) is 9.31. The van der Waals surface area contributed by atoms with Crippen molar-refractivity contribution < 1.29 is 18.0 Å². The molecule has 2 aromatic rings. The number of hydrogen-bond donors (Lipinski definition) is 1. The number of carbonyl (C=O) groups is 2. The van der Waals surface area contributed by atoms with Crippen LogP contribution in [0.5, 0.6) is 0 Å². The first-order valence-electron chi connectivity index (χ1n) is 10.8. The van der Waals surface area contributed by atoms with E-state index in [0.29, 0.717) is 17.3 Å². The number of halogens is 1. The van der Waals surface area contributed by atoms with Gasteiger partial charge in [-0.15, -0.1) is 0 Å². The van der Waals surface area contributed by atoms with Crippen LogP contribution in [-0.2, 0) is 26.2 Å². The van der Waals surface area contributed by atoms with Gasteiger partial charge in [-0.05, 0) is 50.5 Å². The third-order valence-electron chi connectivity index (χ3n) is 5.31. The van der Waals surface area contributed by atoms with Gasteiger partial charge in [0.05, 0.1) is 11.9 Å². The summed E-state index contributed by atoms with van der Waals surface area (Å²) in [6.07, 6.45) is 1.80. The molecule has 0 spiro atoms. The first-order chi connectivity index (χ1) is 15.4. The van der Waals surface area contributed by atoms with Crippen LogP contribution in [0, 0.1) is 13.8 Å². The molecule has 2 rings (SSSR count). The molecule has 2 amide bonds. The van der Waals surface area contributed by atoms with Gasteiger partial charge in [0.1, 0.15) is 12.6 Å². The van der Waals surface area contributed by atoms with E-state index in [-0.39, 0.29) is 12.5 Å². The van der Waals surface area contributed by atoms with E-state index >= 15 is 0 Å². The molecule has 0 aliphatic rings. The van der Waals surface area contributed by atoms with Gasteiger partial charge in [-0.2, -0.15) is 0 Å². The first-order valence-corrected chi connectivity index (χ1v) is 13.0. The average molecular weight is 494 g/mol. The standard InChI is InChI=1S/C24H32ClN3O4S/c1-6-13-26-24(30)19(4)27(15-20-10-7-17(2)8-11-20)23(29)16-28(33(5,31)32)21-12-9-18(3)22(25)14-21/h7-12,14,19H,6,13,15-16H2,1-5H3,(H,26,30). The summed E-state index contributed by atoms with van der Waals surface area (Å²) in [6, 6.07) is 11.7. The van der Waals surface area contributed by atoms with Crippen LogP contribution in [0.2, 0.25) is 5.02 Å². The second-order valence-corrected chi connectivity index (χ2v) is 10.5. The second kappa shape index (κ2) is 11.5. The Hall–Kier alpha value is -2.58. The molecule has 0 aromatic heterocycles. The molecule has 0 saturated heterocycles. The molecule has 0 radical (unpaired) electrons. The average Bonchev–Trinajstić information content (AvgIpc) is 2.76. The van der Waals surface area contributed by atoms with Crippen molar-refractivity contribution in [2.45, 2.75) is 46.7 Å². The highest BCUT2D eigenvalue weighted by molar-refractivity contribution is 7.92. The maximum atomic E-state index is 13.4. The van der Waals surface area contributed by atoms with Crippen LogP contribution in [0.15, 0.2) is 42.5 Å². The van der Waals surface area contributed by atoms with Crippen LogP contribution in [0.1, 0.15) is 37.0 Å². The van der Waals surface area contributed by atoms with E-state index in [9.17, 15) is 18.0 Å². The van der Waals surface area contributed by atoms with E-state index in [4.69, 9.17) is 11.6 Å². The number of benzene rings is 2. The lowest BCUT2D eigenvalue weighted by Gasteiger charge is -2.31. The molecule has 1 atom stereocenters. The second-order valence-electron chi connectivity index (χ2n) is 8.18. The summed E-state index contributed by atoms with van der Waals surface area (Å²) in [7, 11) is -3.79. The number of sulfonamides is 1. The van der Waals surface area contributed by atoms with Crippen molar-refractivity contribution in [3.05, 3.63) is 64.2 Å². The minimum absolute atomic E-state index is 0.173. The van der Waals surface area contributed by atoms with Gasteiger partial charge in [0, 0.05) is 18.1 Å². The molecule has 1 unspecified atom stereocenters. The van der Waals surface area contributed by atoms with Crippen molar-refractivity contribution in [2.24, 2.45) is 0 Å². The van der Waals surface area contributed by atoms with Crippen molar-refractivity contribution >= 4 is 39.1 Å². The number of rotatable bonds is 10. The zero-order valence-electron chi connectivity index (χ0n) is 19.8. The summed E-state index contributed by atoms with van der Waals surface area (Å²) in [6.45, 7) is 7.57. The maximum absolute atomic E-state index is 13.4. The number of amides is 2. The van der Waals surface area contributed by atoms with Gasteiger partial charge in [0.25, 0.3) is 0 Å². The molecule has 9 heteroatoms. The summed E-state index contributed by atoms with van der Waals surface area (Å²) in [4.78, 5) is 27.5. The fraction of sp³-hybridized carbons (Fsp3) is 0.417. The van der Waals surface area contributed by atoms with Gasteiger partial charge in [-0.3, -0.25) is 13.9 Å². The van der Waals surface area contributed by atoms with Gasteiger partial charge in [-0.25, -0.2) is 8.42 Å². The SMILES string of the molecule is CCCNC(=O)C(C)N(Cc1ccc(C)cc1)C(=O)CN(c1ccc(C)c(Cl)c1)S(C)(=O)=O. The van der Waals surface area contributed by atoms with Crippen LogP contribution < -0.4 is 9.62 Å². The highest BCUT2D eigenvalue weighted by Gasteiger charge is 2.30. The largest absolute Gasteiger partial charge is 0.354 e. The fourth-order valence-corrected chi connectivity index (χ4v) is 4.24. The van der Waals surface area contributed by atoms with Crippen LogP contribution in [0.3, 0.4) is 0 Å². The van der Waals surface area contributed by atoms with E-state index < -0.39 is 28.5 Å². The Labute approximate surface area is 201 Å². The summed E-state index contributed by atoms with van der Waals surface area (Å²) >= 11 is 6.20. The molecule has 180 valence electrons. The number of nitrogens with zero attached hydrogens (tertiary/aromatic N) is 2. The Morgan fingerprint density at radius 1 is 1.09 bits per heavy atom. The Morgan fingerprint density at radius 3 is 2.27 bits per heavy atom. The Bertz CT molecular complexity index is 1090. The lowest BCUT2D eigenvalue weighted by Crippen LogP contribution is -2.51. The lowest BCUT2D eigenvalue weighted by molar-refractivity contribution is -0.139. The molecule has 0 fully saturated rings. The van der Waals surface area contributed by atoms with E-state index in [1.807, 2.05) is 45.0 Å². The molecule has 0 saturated carbocycles. The highest BCUT2D eigenvalue weighted by atomic mass is 35.5. The number of carbonyl (C=O) groups excluding carboxylic acids is 2. The number of hydrogen-bond acceptors (Lipinski definition) is 4. The van der Waals surface area contributed by atoms with Crippen LogP contribution in [-0.4, -0.2) is 50.5 Å². The number of aryl methyl sites for hydroxylation is 2. The van der Waals surface area contributed by atoms with Crippen molar-refractivity contribution in [3.8, 4) is 0 Å².